The minimum atomic E-state index is -0.321. The van der Waals surface area contributed by atoms with Crippen LogP contribution in [-0.2, 0) is 16.0 Å². The molecule has 96 valence electrons. The molecule has 18 heavy (non-hydrogen) atoms. The van der Waals surface area contributed by atoms with Crippen molar-refractivity contribution in [2.24, 2.45) is 5.92 Å². The van der Waals surface area contributed by atoms with Crippen LogP contribution < -0.4 is 4.74 Å². The first-order valence-corrected chi connectivity index (χ1v) is 6.00. The lowest BCUT2D eigenvalue weighted by atomic mass is 10.1. The van der Waals surface area contributed by atoms with Gasteiger partial charge in [0.1, 0.15) is 5.75 Å². The summed E-state index contributed by atoms with van der Waals surface area (Å²) in [7, 11) is 1.34. The first kappa shape index (κ1) is 12.6. The van der Waals surface area contributed by atoms with Gasteiger partial charge in [-0.25, -0.2) is 0 Å². The zero-order valence-electron chi connectivity index (χ0n) is 10.3. The summed E-state index contributed by atoms with van der Waals surface area (Å²) in [6.45, 7) is 0.664. The molecule has 0 bridgehead atoms. The molecular weight excluding hydrogens is 232 g/mol. The van der Waals surface area contributed by atoms with E-state index in [0.717, 1.165) is 11.8 Å². The van der Waals surface area contributed by atoms with Crippen LogP contribution in [0.3, 0.4) is 0 Å². The number of benzene rings is 1. The minimum Gasteiger partial charge on any atom is -0.493 e. The molecule has 1 aromatic rings. The fourth-order valence-electron chi connectivity index (χ4n) is 1.66. The second kappa shape index (κ2) is 5.67. The lowest BCUT2D eigenvalue weighted by Gasteiger charge is -2.09. The molecule has 1 fully saturated rings. The molecule has 4 heteroatoms. The molecule has 0 N–H and O–H groups in total. The zero-order chi connectivity index (χ0) is 13.0. The summed E-state index contributed by atoms with van der Waals surface area (Å²) in [5.41, 5.74) is 1.24. The average molecular weight is 248 g/mol. The Morgan fingerprint density at radius 3 is 2.83 bits per heavy atom. The number of carbonyl (C=O) groups is 2. The van der Waals surface area contributed by atoms with Gasteiger partial charge in [0, 0.05) is 0 Å². The zero-order valence-corrected chi connectivity index (χ0v) is 10.3. The molecular formula is C14H16O4. The molecule has 0 aromatic heterocycles. The standard InChI is InChI=1S/C14H16O4/c1-17-14(16)7-11-4-5-13(12(6-11)8-15)18-9-10-2-3-10/h4-6,8,10H,2-3,7,9H2,1H3. The van der Waals surface area contributed by atoms with Crippen LogP contribution in [0.2, 0.25) is 0 Å². The molecule has 0 heterocycles. The number of methoxy groups -OCH3 is 1. The molecule has 1 saturated carbocycles. The first-order valence-electron chi connectivity index (χ1n) is 6.00. The third kappa shape index (κ3) is 3.32. The van der Waals surface area contributed by atoms with Gasteiger partial charge in [-0.3, -0.25) is 9.59 Å². The molecule has 4 nitrogen and oxygen atoms in total. The van der Waals surface area contributed by atoms with Crippen molar-refractivity contribution < 1.29 is 19.1 Å². The predicted octanol–water partition coefficient (Wildman–Crippen LogP) is 2.00. The maximum absolute atomic E-state index is 11.1. The van der Waals surface area contributed by atoms with Crippen molar-refractivity contribution in [1.82, 2.24) is 0 Å². The summed E-state index contributed by atoms with van der Waals surface area (Å²) in [5.74, 6) is 0.906. The van der Waals surface area contributed by atoms with Gasteiger partial charge < -0.3 is 9.47 Å². The van der Waals surface area contributed by atoms with Gasteiger partial charge in [-0.2, -0.15) is 0 Å². The van der Waals surface area contributed by atoms with Gasteiger partial charge in [0.25, 0.3) is 0 Å². The molecule has 0 unspecified atom stereocenters. The monoisotopic (exact) mass is 248 g/mol. The van der Waals surface area contributed by atoms with E-state index in [9.17, 15) is 9.59 Å². The molecule has 0 amide bonds. The molecule has 0 radical (unpaired) electrons. The number of aldehydes is 1. The van der Waals surface area contributed by atoms with Crippen molar-refractivity contribution in [2.75, 3.05) is 13.7 Å². The Balaban J connectivity index is 2.06. The Morgan fingerprint density at radius 1 is 1.44 bits per heavy atom. The lowest BCUT2D eigenvalue weighted by molar-refractivity contribution is -0.139. The van der Waals surface area contributed by atoms with Crippen LogP contribution in [0.25, 0.3) is 0 Å². The topological polar surface area (TPSA) is 52.6 Å². The molecule has 0 saturated heterocycles. The highest BCUT2D eigenvalue weighted by atomic mass is 16.5. The fourth-order valence-corrected chi connectivity index (χ4v) is 1.66. The normalized spacial score (nSPS) is 14.1. The van der Waals surface area contributed by atoms with Gasteiger partial charge in [0.05, 0.1) is 25.7 Å². The highest BCUT2D eigenvalue weighted by Crippen LogP contribution is 2.30. The quantitative estimate of drug-likeness (QED) is 0.570. The van der Waals surface area contributed by atoms with E-state index in [1.54, 1.807) is 18.2 Å². The molecule has 2 rings (SSSR count). The maximum atomic E-state index is 11.1. The fraction of sp³-hybridized carbons (Fsp3) is 0.429. The van der Waals surface area contributed by atoms with Crippen molar-refractivity contribution in [3.63, 3.8) is 0 Å². The van der Waals surface area contributed by atoms with Crippen LogP contribution in [0.1, 0.15) is 28.8 Å². The summed E-state index contributed by atoms with van der Waals surface area (Å²) in [4.78, 5) is 22.1. The summed E-state index contributed by atoms with van der Waals surface area (Å²) in [6, 6.07) is 5.20. The van der Waals surface area contributed by atoms with Crippen LogP contribution in [0.5, 0.6) is 5.75 Å². The Morgan fingerprint density at radius 2 is 2.22 bits per heavy atom. The number of hydrogen-bond acceptors (Lipinski definition) is 4. The van der Waals surface area contributed by atoms with Crippen LogP contribution in [0.15, 0.2) is 18.2 Å². The van der Waals surface area contributed by atoms with E-state index in [0.29, 0.717) is 23.8 Å². The first-order chi connectivity index (χ1) is 8.72. The summed E-state index contributed by atoms with van der Waals surface area (Å²) in [6.07, 6.45) is 3.33. The van der Waals surface area contributed by atoms with E-state index < -0.39 is 0 Å². The van der Waals surface area contributed by atoms with Crippen LogP contribution >= 0.6 is 0 Å². The van der Waals surface area contributed by atoms with Gasteiger partial charge >= 0.3 is 5.97 Å². The van der Waals surface area contributed by atoms with E-state index >= 15 is 0 Å². The van der Waals surface area contributed by atoms with Crippen molar-refractivity contribution in [3.05, 3.63) is 29.3 Å². The Hall–Kier alpha value is -1.84. The van der Waals surface area contributed by atoms with E-state index in [1.165, 1.54) is 20.0 Å². The van der Waals surface area contributed by atoms with Crippen molar-refractivity contribution >= 4 is 12.3 Å². The van der Waals surface area contributed by atoms with E-state index in [1.807, 2.05) is 0 Å². The van der Waals surface area contributed by atoms with Crippen LogP contribution in [-0.4, -0.2) is 26.0 Å². The van der Waals surface area contributed by atoms with Gasteiger partial charge in [0.15, 0.2) is 6.29 Å². The highest BCUT2D eigenvalue weighted by Gasteiger charge is 2.22. The third-order valence-electron chi connectivity index (χ3n) is 2.95. The van der Waals surface area contributed by atoms with E-state index in [4.69, 9.17) is 4.74 Å². The van der Waals surface area contributed by atoms with Gasteiger partial charge in [-0.15, -0.1) is 0 Å². The number of rotatable bonds is 6. The van der Waals surface area contributed by atoms with E-state index in [2.05, 4.69) is 4.74 Å². The van der Waals surface area contributed by atoms with Crippen LogP contribution in [0.4, 0.5) is 0 Å². The molecule has 1 aliphatic carbocycles. The number of carbonyl (C=O) groups excluding carboxylic acids is 2. The number of esters is 1. The molecule has 1 aliphatic rings. The number of hydrogen-bond donors (Lipinski definition) is 0. The van der Waals surface area contributed by atoms with Gasteiger partial charge in [0.2, 0.25) is 0 Å². The second-order valence-corrected chi connectivity index (χ2v) is 4.50. The molecule has 0 spiro atoms. The van der Waals surface area contributed by atoms with Gasteiger partial charge in [-0.1, -0.05) is 6.07 Å². The highest BCUT2D eigenvalue weighted by molar-refractivity contribution is 5.81. The molecule has 1 aromatic carbocycles. The van der Waals surface area contributed by atoms with Gasteiger partial charge in [-0.05, 0) is 36.5 Å². The Labute approximate surface area is 106 Å². The summed E-state index contributed by atoms with van der Waals surface area (Å²) < 4.78 is 10.2. The van der Waals surface area contributed by atoms with Crippen molar-refractivity contribution in [1.29, 1.82) is 0 Å². The Bertz CT molecular complexity index is 449. The summed E-state index contributed by atoms with van der Waals surface area (Å²) >= 11 is 0. The number of ether oxygens (including phenoxy) is 2. The molecule has 0 aliphatic heterocycles. The SMILES string of the molecule is COC(=O)Cc1ccc(OCC2CC2)c(C=O)c1. The third-order valence-corrected chi connectivity index (χ3v) is 2.95. The van der Waals surface area contributed by atoms with Crippen LogP contribution in [0, 0.1) is 5.92 Å². The smallest absolute Gasteiger partial charge is 0.309 e. The van der Waals surface area contributed by atoms with E-state index in [-0.39, 0.29) is 12.4 Å². The predicted molar refractivity (Wildman–Crippen MR) is 65.8 cm³/mol. The lowest BCUT2D eigenvalue weighted by Crippen LogP contribution is -2.06. The summed E-state index contributed by atoms with van der Waals surface area (Å²) in [5, 5.41) is 0. The van der Waals surface area contributed by atoms with Crippen molar-refractivity contribution in [3.8, 4) is 5.75 Å². The molecule has 0 atom stereocenters. The average Bonchev–Trinajstić information content (AvgIpc) is 3.21. The van der Waals surface area contributed by atoms with Crippen molar-refractivity contribution in [2.45, 2.75) is 19.3 Å². The second-order valence-electron chi connectivity index (χ2n) is 4.50. The Kier molecular flexibility index (Phi) is 3.97. The minimum absolute atomic E-state index is 0.167. The largest absolute Gasteiger partial charge is 0.493 e. The maximum Gasteiger partial charge on any atom is 0.309 e.